The van der Waals surface area contributed by atoms with Crippen molar-refractivity contribution < 1.29 is 29.0 Å². The van der Waals surface area contributed by atoms with Gasteiger partial charge in [0.25, 0.3) is 5.91 Å². The van der Waals surface area contributed by atoms with Crippen molar-refractivity contribution in [3.8, 4) is 11.5 Å². The van der Waals surface area contributed by atoms with E-state index >= 15 is 0 Å². The largest absolute Gasteiger partial charge is 0.503 e. The van der Waals surface area contributed by atoms with Gasteiger partial charge in [0, 0.05) is 16.2 Å². The lowest BCUT2D eigenvalue weighted by Crippen LogP contribution is -2.31. The Labute approximate surface area is 260 Å². The summed E-state index contributed by atoms with van der Waals surface area (Å²) in [5.74, 6) is -1.84. The topological polar surface area (TPSA) is 126 Å². The number of benzene rings is 3. The van der Waals surface area contributed by atoms with Crippen molar-refractivity contribution in [1.29, 1.82) is 0 Å². The van der Waals surface area contributed by atoms with Gasteiger partial charge in [-0.25, -0.2) is 0 Å². The first-order chi connectivity index (χ1) is 20.3. The molecule has 3 aromatic carbocycles. The Morgan fingerprint density at radius 2 is 1.90 bits per heavy atom. The summed E-state index contributed by atoms with van der Waals surface area (Å²) in [6, 6.07) is 18.0. The molecule has 1 atom stereocenters. The first kappa shape index (κ1) is 28.3. The van der Waals surface area contributed by atoms with E-state index in [4.69, 9.17) is 20.8 Å². The van der Waals surface area contributed by atoms with Gasteiger partial charge in [-0.15, -0.1) is 10.2 Å². The van der Waals surface area contributed by atoms with E-state index < -0.39 is 23.5 Å². The van der Waals surface area contributed by atoms with Crippen LogP contribution in [-0.2, 0) is 10.5 Å². The number of aliphatic hydroxyl groups excluding tert-OH is 1. The van der Waals surface area contributed by atoms with Crippen molar-refractivity contribution in [1.82, 2.24) is 10.2 Å². The zero-order valence-corrected chi connectivity index (χ0v) is 25.6. The van der Waals surface area contributed by atoms with E-state index in [-0.39, 0.29) is 32.4 Å². The lowest BCUT2D eigenvalue weighted by atomic mass is 9.95. The molecule has 1 amide bonds. The Kier molecular flexibility index (Phi) is 7.71. The summed E-state index contributed by atoms with van der Waals surface area (Å²) in [4.78, 5) is 28.7. The molecule has 0 aliphatic carbocycles. The van der Waals surface area contributed by atoms with Crippen molar-refractivity contribution in [2.24, 2.45) is 0 Å². The minimum atomic E-state index is -1.14. The number of Topliss-reactive ketones (excluding diaryl/α,β-unsaturated/α-hetero) is 1. The molecule has 42 heavy (non-hydrogen) atoms. The fourth-order valence-electron chi connectivity index (χ4n) is 4.60. The van der Waals surface area contributed by atoms with Crippen LogP contribution in [0.15, 0.2) is 91.3 Å². The molecule has 1 unspecified atom stereocenters. The molecular formula is C29H19BrClN3O6S2. The van der Waals surface area contributed by atoms with E-state index in [1.807, 2.05) is 24.3 Å². The standard InChI is InChI=1S/C29H19BrClN3O6S2/c1-39-20-12-16(10-17(30)24(20)35)23-22(25(36)21-11-14-6-3-5-9-19(14)40-21)26(37)27(38)34(23)28-32-33-29(42-28)41-13-15-7-2-4-8-18(15)31/h2-12,23,35,37H,13H2,1H3. The van der Waals surface area contributed by atoms with Gasteiger partial charge in [0.1, 0.15) is 5.58 Å². The van der Waals surface area contributed by atoms with Gasteiger partial charge in [-0.1, -0.05) is 71.1 Å². The van der Waals surface area contributed by atoms with Crippen molar-refractivity contribution in [3.63, 3.8) is 0 Å². The van der Waals surface area contributed by atoms with Crippen LogP contribution in [0.4, 0.5) is 5.13 Å². The van der Waals surface area contributed by atoms with E-state index in [1.165, 1.54) is 29.8 Å². The van der Waals surface area contributed by atoms with E-state index in [9.17, 15) is 19.8 Å². The Morgan fingerprint density at radius 1 is 1.14 bits per heavy atom. The normalized spacial score (nSPS) is 15.2. The van der Waals surface area contributed by atoms with Gasteiger partial charge in [-0.2, -0.15) is 0 Å². The summed E-state index contributed by atoms with van der Waals surface area (Å²) < 4.78 is 11.9. The fraction of sp³-hybridized carbons (Fsp3) is 0.103. The Morgan fingerprint density at radius 3 is 2.67 bits per heavy atom. The number of thioether (sulfide) groups is 1. The van der Waals surface area contributed by atoms with Crippen LogP contribution in [0.2, 0.25) is 5.02 Å². The lowest BCUT2D eigenvalue weighted by molar-refractivity contribution is -0.117. The number of aliphatic hydroxyl groups is 1. The molecule has 0 saturated carbocycles. The summed E-state index contributed by atoms with van der Waals surface area (Å²) in [5, 5.41) is 31.5. The van der Waals surface area contributed by atoms with Crippen LogP contribution in [-0.4, -0.2) is 39.2 Å². The molecule has 13 heteroatoms. The van der Waals surface area contributed by atoms with Crippen LogP contribution in [0.3, 0.4) is 0 Å². The number of anilines is 1. The average Bonchev–Trinajstić information content (AvgIpc) is 3.70. The van der Waals surface area contributed by atoms with Crippen LogP contribution < -0.4 is 9.64 Å². The molecule has 0 fully saturated rings. The summed E-state index contributed by atoms with van der Waals surface area (Å²) in [5.41, 5.74) is 1.56. The average molecular weight is 685 g/mol. The number of para-hydroxylation sites is 1. The van der Waals surface area contributed by atoms with Gasteiger partial charge < -0.3 is 19.4 Å². The second kappa shape index (κ2) is 11.4. The molecular weight excluding hydrogens is 666 g/mol. The van der Waals surface area contributed by atoms with Crippen molar-refractivity contribution in [2.75, 3.05) is 12.0 Å². The molecule has 2 aromatic heterocycles. The van der Waals surface area contributed by atoms with Gasteiger partial charge in [0.2, 0.25) is 10.9 Å². The number of methoxy groups -OCH3 is 1. The summed E-state index contributed by atoms with van der Waals surface area (Å²) in [6.45, 7) is 0. The number of carbonyl (C=O) groups is 2. The number of phenolic OH excluding ortho intramolecular Hbond substituents is 1. The van der Waals surface area contributed by atoms with Crippen LogP contribution in [0.25, 0.3) is 11.0 Å². The SMILES string of the molecule is COc1cc(C2C(C(=O)c3cc4ccccc4o3)=C(O)C(=O)N2c2nnc(SCc3ccccc3Cl)s2)cc(Br)c1O. The maximum absolute atomic E-state index is 13.9. The van der Waals surface area contributed by atoms with Gasteiger partial charge in [-0.3, -0.25) is 14.5 Å². The van der Waals surface area contributed by atoms with Crippen molar-refractivity contribution in [3.05, 3.63) is 104 Å². The smallest absolute Gasteiger partial charge is 0.296 e. The summed E-state index contributed by atoms with van der Waals surface area (Å²) in [6.07, 6.45) is 0. The summed E-state index contributed by atoms with van der Waals surface area (Å²) in [7, 11) is 1.38. The predicted octanol–water partition coefficient (Wildman–Crippen LogP) is 7.49. The van der Waals surface area contributed by atoms with E-state index in [1.54, 1.807) is 36.4 Å². The number of hydrogen-bond acceptors (Lipinski definition) is 10. The highest BCUT2D eigenvalue weighted by atomic mass is 79.9. The highest BCUT2D eigenvalue weighted by Crippen LogP contribution is 2.47. The van der Waals surface area contributed by atoms with E-state index in [0.717, 1.165) is 16.9 Å². The number of nitrogens with zero attached hydrogens (tertiary/aromatic N) is 3. The maximum Gasteiger partial charge on any atom is 0.296 e. The number of aromatic hydroxyl groups is 1. The number of rotatable bonds is 8. The second-order valence-corrected chi connectivity index (χ2v) is 12.5. The molecule has 0 radical (unpaired) electrons. The molecule has 1 aliphatic rings. The molecule has 0 bridgehead atoms. The maximum atomic E-state index is 13.9. The third kappa shape index (κ3) is 5.04. The molecule has 5 aromatic rings. The van der Waals surface area contributed by atoms with Crippen LogP contribution >= 0.6 is 50.6 Å². The second-order valence-electron chi connectivity index (χ2n) is 9.10. The third-order valence-electron chi connectivity index (χ3n) is 6.60. The Hall–Kier alpha value is -3.84. The molecule has 3 heterocycles. The van der Waals surface area contributed by atoms with Crippen molar-refractivity contribution in [2.45, 2.75) is 16.1 Å². The van der Waals surface area contributed by atoms with Crippen molar-refractivity contribution >= 4 is 78.4 Å². The zero-order chi connectivity index (χ0) is 29.5. The number of carbonyl (C=O) groups excluding carboxylic acids is 2. The minimum absolute atomic E-state index is 0.0459. The molecule has 9 nitrogen and oxygen atoms in total. The fourth-order valence-corrected chi connectivity index (χ4v) is 7.21. The van der Waals surface area contributed by atoms with E-state index in [0.29, 0.717) is 31.6 Å². The number of phenols is 1. The number of fused-ring (bicyclic) bond motifs is 1. The molecule has 0 spiro atoms. The van der Waals surface area contributed by atoms with Gasteiger partial charge in [0.05, 0.1) is 23.2 Å². The number of amides is 1. The van der Waals surface area contributed by atoms with Crippen LogP contribution in [0, 0.1) is 0 Å². The minimum Gasteiger partial charge on any atom is -0.503 e. The Bertz CT molecular complexity index is 1870. The molecule has 6 rings (SSSR count). The third-order valence-corrected chi connectivity index (χ3v) is 9.68. The predicted molar refractivity (Wildman–Crippen MR) is 164 cm³/mol. The molecule has 212 valence electrons. The quantitative estimate of drug-likeness (QED) is 0.0971. The number of hydrogen-bond donors (Lipinski definition) is 2. The molecule has 2 N–H and O–H groups in total. The van der Waals surface area contributed by atoms with Gasteiger partial charge >= 0.3 is 0 Å². The number of furan rings is 1. The van der Waals surface area contributed by atoms with Crippen LogP contribution in [0.1, 0.15) is 27.7 Å². The highest BCUT2D eigenvalue weighted by molar-refractivity contribution is 9.10. The molecule has 1 aliphatic heterocycles. The van der Waals surface area contributed by atoms with Gasteiger partial charge in [0.15, 0.2) is 27.4 Å². The van der Waals surface area contributed by atoms with Crippen LogP contribution in [0.5, 0.6) is 11.5 Å². The number of ether oxygens (including phenoxy) is 1. The first-order valence-corrected chi connectivity index (χ1v) is 15.3. The number of ketones is 1. The number of halogens is 2. The monoisotopic (exact) mass is 683 g/mol. The zero-order valence-electron chi connectivity index (χ0n) is 21.6. The number of aromatic nitrogens is 2. The van der Waals surface area contributed by atoms with Gasteiger partial charge in [-0.05, 0) is 57.4 Å². The highest BCUT2D eigenvalue weighted by Gasteiger charge is 2.47. The Balaban J connectivity index is 1.42. The summed E-state index contributed by atoms with van der Waals surface area (Å²) >= 11 is 12.1. The molecule has 0 saturated heterocycles. The first-order valence-electron chi connectivity index (χ1n) is 12.3. The lowest BCUT2D eigenvalue weighted by Gasteiger charge is -2.24. The van der Waals surface area contributed by atoms with E-state index in [2.05, 4.69) is 26.1 Å².